The molecule has 0 unspecified atom stereocenters. The molecule has 0 radical (unpaired) electrons. The van der Waals surface area contributed by atoms with Crippen molar-refractivity contribution in [3.8, 4) is 0 Å². The Balaban J connectivity index is 1.65. The smallest absolute Gasteiger partial charge is 0.105 e. The van der Waals surface area contributed by atoms with Gasteiger partial charge in [-0.15, -0.1) is 0 Å². The molecule has 1 aliphatic heterocycles. The average Bonchev–Trinajstić information content (AvgIpc) is 2.89. The number of aromatic nitrogens is 3. The summed E-state index contributed by atoms with van der Waals surface area (Å²) in [5.74, 6) is 1.72. The molecule has 1 fully saturated rings. The lowest BCUT2D eigenvalue weighted by Gasteiger charge is -2.33. The van der Waals surface area contributed by atoms with Crippen LogP contribution in [-0.2, 0) is 13.1 Å². The molecule has 3 rings (SSSR count). The zero-order chi connectivity index (χ0) is 15.5. The van der Waals surface area contributed by atoms with Crippen LogP contribution in [0.4, 0.5) is 0 Å². The number of hydrogen-bond donors (Lipinski definition) is 0. The Morgan fingerprint density at radius 3 is 2.73 bits per heavy atom. The van der Waals surface area contributed by atoms with Crippen LogP contribution in [-0.4, -0.2) is 32.5 Å². The van der Waals surface area contributed by atoms with Crippen LogP contribution in [0.3, 0.4) is 0 Å². The van der Waals surface area contributed by atoms with E-state index >= 15 is 0 Å². The monoisotopic (exact) mass is 338 g/mol. The third-order valence-electron chi connectivity index (χ3n) is 4.32. The van der Waals surface area contributed by atoms with E-state index in [9.17, 15) is 0 Å². The van der Waals surface area contributed by atoms with Crippen molar-refractivity contribution >= 4 is 23.2 Å². The minimum atomic E-state index is 0.640. The molecule has 2 aromatic heterocycles. The molecule has 0 aromatic carbocycles. The van der Waals surface area contributed by atoms with Crippen LogP contribution in [0.15, 0.2) is 24.8 Å². The number of pyridine rings is 1. The van der Waals surface area contributed by atoms with Crippen LogP contribution in [0.5, 0.6) is 0 Å². The van der Waals surface area contributed by atoms with Gasteiger partial charge < -0.3 is 4.57 Å². The molecule has 0 amide bonds. The first-order chi connectivity index (χ1) is 10.6. The molecule has 22 heavy (non-hydrogen) atoms. The highest BCUT2D eigenvalue weighted by molar-refractivity contribution is 6.35. The molecule has 4 nitrogen and oxygen atoms in total. The van der Waals surface area contributed by atoms with Gasteiger partial charge in [-0.2, -0.15) is 0 Å². The summed E-state index contributed by atoms with van der Waals surface area (Å²) >= 11 is 12.5. The predicted octanol–water partition coefficient (Wildman–Crippen LogP) is 3.81. The molecular weight excluding hydrogens is 319 g/mol. The SMILES string of the molecule is Cc1nccn1C[C@H]1CCCN(Cc2c(Cl)cncc2Cl)C1. The molecule has 0 N–H and O–H groups in total. The molecule has 1 aliphatic rings. The quantitative estimate of drug-likeness (QED) is 0.850. The molecule has 0 aliphatic carbocycles. The summed E-state index contributed by atoms with van der Waals surface area (Å²) in [5.41, 5.74) is 0.984. The molecule has 2 aromatic rings. The van der Waals surface area contributed by atoms with Crippen molar-refractivity contribution in [2.24, 2.45) is 5.92 Å². The summed E-state index contributed by atoms with van der Waals surface area (Å²) in [6.45, 7) is 6.03. The van der Waals surface area contributed by atoms with E-state index in [1.165, 1.54) is 12.8 Å². The molecule has 6 heteroatoms. The Labute approximate surface area is 141 Å². The minimum absolute atomic E-state index is 0.640. The fourth-order valence-electron chi connectivity index (χ4n) is 3.13. The zero-order valence-electron chi connectivity index (χ0n) is 12.7. The maximum atomic E-state index is 6.24. The van der Waals surface area contributed by atoms with Crippen molar-refractivity contribution < 1.29 is 0 Å². The van der Waals surface area contributed by atoms with Gasteiger partial charge in [0.2, 0.25) is 0 Å². The number of piperidine rings is 1. The lowest BCUT2D eigenvalue weighted by Crippen LogP contribution is -2.36. The molecule has 0 saturated carbocycles. The summed E-state index contributed by atoms with van der Waals surface area (Å²) < 4.78 is 2.24. The standard InChI is InChI=1S/C16H20Cl2N4/c1-12-20-4-6-22(12)10-13-3-2-5-21(9-13)11-14-15(17)7-19-8-16(14)18/h4,6-8,13H,2-3,5,9-11H2,1H3/t13-/m0/s1. The first-order valence-electron chi connectivity index (χ1n) is 7.61. The number of halogens is 2. The van der Waals surface area contributed by atoms with Crippen LogP contribution < -0.4 is 0 Å². The first kappa shape index (κ1) is 15.8. The van der Waals surface area contributed by atoms with Crippen molar-refractivity contribution in [1.82, 2.24) is 19.4 Å². The van der Waals surface area contributed by atoms with E-state index in [4.69, 9.17) is 23.2 Å². The fourth-order valence-corrected chi connectivity index (χ4v) is 3.62. The Morgan fingerprint density at radius 1 is 1.27 bits per heavy atom. The molecule has 1 saturated heterocycles. The first-order valence-corrected chi connectivity index (χ1v) is 8.37. The highest BCUT2D eigenvalue weighted by Gasteiger charge is 2.22. The van der Waals surface area contributed by atoms with Crippen molar-refractivity contribution in [1.29, 1.82) is 0 Å². The van der Waals surface area contributed by atoms with Gasteiger partial charge in [0.1, 0.15) is 5.82 Å². The van der Waals surface area contributed by atoms with Gasteiger partial charge in [-0.05, 0) is 32.2 Å². The van der Waals surface area contributed by atoms with Crippen LogP contribution >= 0.6 is 23.2 Å². The van der Waals surface area contributed by atoms with Crippen LogP contribution in [0.25, 0.3) is 0 Å². The van der Waals surface area contributed by atoms with Gasteiger partial charge in [0.25, 0.3) is 0 Å². The second kappa shape index (κ2) is 6.99. The third kappa shape index (κ3) is 3.62. The lowest BCUT2D eigenvalue weighted by molar-refractivity contribution is 0.155. The second-order valence-electron chi connectivity index (χ2n) is 5.95. The van der Waals surface area contributed by atoms with Crippen molar-refractivity contribution in [3.63, 3.8) is 0 Å². The minimum Gasteiger partial charge on any atom is -0.335 e. The van der Waals surface area contributed by atoms with E-state index in [1.807, 2.05) is 6.20 Å². The molecule has 118 valence electrons. The summed E-state index contributed by atoms with van der Waals surface area (Å²) in [7, 11) is 0. The van der Waals surface area contributed by atoms with Crippen molar-refractivity contribution in [3.05, 3.63) is 46.2 Å². The number of likely N-dealkylation sites (tertiary alicyclic amines) is 1. The van der Waals surface area contributed by atoms with Gasteiger partial charge in [0, 0.05) is 50.0 Å². The Hall–Kier alpha value is -1.10. The van der Waals surface area contributed by atoms with E-state index in [1.54, 1.807) is 12.4 Å². The van der Waals surface area contributed by atoms with Gasteiger partial charge >= 0.3 is 0 Å². The summed E-state index contributed by atoms with van der Waals surface area (Å²) in [6.07, 6.45) is 9.72. The molecule has 1 atom stereocenters. The normalized spacial score (nSPS) is 19.5. The van der Waals surface area contributed by atoms with E-state index in [0.29, 0.717) is 16.0 Å². The summed E-state index contributed by atoms with van der Waals surface area (Å²) in [4.78, 5) is 10.8. The van der Waals surface area contributed by atoms with Gasteiger partial charge in [-0.3, -0.25) is 9.88 Å². The predicted molar refractivity (Wildman–Crippen MR) is 89.2 cm³/mol. The fraction of sp³-hybridized carbons (Fsp3) is 0.500. The van der Waals surface area contributed by atoms with Gasteiger partial charge in [0.05, 0.1) is 10.0 Å². The molecule has 3 heterocycles. The van der Waals surface area contributed by atoms with Crippen LogP contribution in [0, 0.1) is 12.8 Å². The maximum absolute atomic E-state index is 6.24. The van der Waals surface area contributed by atoms with E-state index in [0.717, 1.165) is 37.6 Å². The Bertz CT molecular complexity index is 621. The number of rotatable bonds is 4. The number of hydrogen-bond acceptors (Lipinski definition) is 3. The number of aryl methyl sites for hydroxylation is 1. The molecule has 0 spiro atoms. The van der Waals surface area contributed by atoms with Crippen molar-refractivity contribution in [2.45, 2.75) is 32.9 Å². The van der Waals surface area contributed by atoms with Gasteiger partial charge in [-0.1, -0.05) is 23.2 Å². The van der Waals surface area contributed by atoms with E-state index < -0.39 is 0 Å². The Kier molecular flexibility index (Phi) is 5.01. The molecular formula is C16H20Cl2N4. The average molecular weight is 339 g/mol. The largest absolute Gasteiger partial charge is 0.335 e. The zero-order valence-corrected chi connectivity index (χ0v) is 14.2. The number of nitrogens with zero attached hydrogens (tertiary/aromatic N) is 4. The second-order valence-corrected chi connectivity index (χ2v) is 6.77. The van der Waals surface area contributed by atoms with Crippen LogP contribution in [0.2, 0.25) is 10.0 Å². The van der Waals surface area contributed by atoms with Gasteiger partial charge in [-0.25, -0.2) is 4.98 Å². The van der Waals surface area contributed by atoms with E-state index in [-0.39, 0.29) is 0 Å². The summed E-state index contributed by atoms with van der Waals surface area (Å²) in [6, 6.07) is 0. The molecule has 0 bridgehead atoms. The third-order valence-corrected chi connectivity index (χ3v) is 4.97. The van der Waals surface area contributed by atoms with Gasteiger partial charge in [0.15, 0.2) is 0 Å². The highest BCUT2D eigenvalue weighted by Crippen LogP contribution is 2.27. The maximum Gasteiger partial charge on any atom is 0.105 e. The van der Waals surface area contributed by atoms with E-state index in [2.05, 4.69) is 32.6 Å². The Morgan fingerprint density at radius 2 is 2.05 bits per heavy atom. The highest BCUT2D eigenvalue weighted by atomic mass is 35.5. The van der Waals surface area contributed by atoms with Crippen molar-refractivity contribution in [2.75, 3.05) is 13.1 Å². The lowest BCUT2D eigenvalue weighted by atomic mass is 9.97. The topological polar surface area (TPSA) is 34.0 Å². The summed E-state index contributed by atoms with van der Waals surface area (Å²) in [5, 5.41) is 1.31. The number of imidazole rings is 1. The van der Waals surface area contributed by atoms with Crippen LogP contribution in [0.1, 0.15) is 24.2 Å².